The fourth-order valence-corrected chi connectivity index (χ4v) is 1.07. The topological polar surface area (TPSA) is 26.0 Å². The van der Waals surface area contributed by atoms with Crippen molar-refractivity contribution in [2.45, 2.75) is 19.9 Å². The number of hydrogen-bond acceptors (Lipinski definition) is 1. The van der Waals surface area contributed by atoms with Gasteiger partial charge in [-0.05, 0) is 25.0 Å². The highest BCUT2D eigenvalue weighted by atomic mass is 14.6. The minimum atomic E-state index is 0.115. The van der Waals surface area contributed by atoms with Crippen LogP contribution in [0.15, 0.2) is 30.8 Å². The van der Waals surface area contributed by atoms with Crippen LogP contribution in [0.5, 0.6) is 0 Å². The Morgan fingerprint density at radius 1 is 1.33 bits per heavy atom. The highest BCUT2D eigenvalue weighted by Crippen LogP contribution is 2.15. The van der Waals surface area contributed by atoms with E-state index in [0.717, 1.165) is 5.57 Å². The van der Waals surface area contributed by atoms with Gasteiger partial charge in [-0.2, -0.15) is 0 Å². The molecule has 0 aliphatic rings. The zero-order chi connectivity index (χ0) is 9.14. The maximum atomic E-state index is 5.72. The number of rotatable bonds is 2. The molecule has 0 radical (unpaired) electrons. The van der Waals surface area contributed by atoms with Gasteiger partial charge in [-0.1, -0.05) is 36.4 Å². The second kappa shape index (κ2) is 3.55. The first-order chi connectivity index (χ1) is 5.61. The maximum Gasteiger partial charge on any atom is 0.0266 e. The van der Waals surface area contributed by atoms with Crippen molar-refractivity contribution in [3.8, 4) is 0 Å². The van der Waals surface area contributed by atoms with Crippen molar-refractivity contribution in [3.05, 3.63) is 42.0 Å². The SMILES string of the molecule is C=C(C)c1ccc([C@@H](C)N)cc1. The summed E-state index contributed by atoms with van der Waals surface area (Å²) in [5.74, 6) is 0. The summed E-state index contributed by atoms with van der Waals surface area (Å²) in [6.07, 6.45) is 0. The predicted octanol–water partition coefficient (Wildman–Crippen LogP) is 2.74. The van der Waals surface area contributed by atoms with Crippen LogP contribution >= 0.6 is 0 Å². The van der Waals surface area contributed by atoms with Gasteiger partial charge in [-0.15, -0.1) is 0 Å². The van der Waals surface area contributed by atoms with Gasteiger partial charge in [0.25, 0.3) is 0 Å². The van der Waals surface area contributed by atoms with Crippen molar-refractivity contribution >= 4 is 5.57 Å². The van der Waals surface area contributed by atoms with Gasteiger partial charge in [0.1, 0.15) is 0 Å². The zero-order valence-electron chi connectivity index (χ0n) is 7.67. The van der Waals surface area contributed by atoms with Crippen molar-refractivity contribution in [2.24, 2.45) is 5.73 Å². The van der Waals surface area contributed by atoms with Crippen molar-refractivity contribution in [3.63, 3.8) is 0 Å². The lowest BCUT2D eigenvalue weighted by molar-refractivity contribution is 0.818. The van der Waals surface area contributed by atoms with Crippen LogP contribution in [-0.2, 0) is 0 Å². The molecule has 2 N–H and O–H groups in total. The summed E-state index contributed by atoms with van der Waals surface area (Å²) in [5.41, 5.74) is 9.15. The van der Waals surface area contributed by atoms with E-state index in [1.165, 1.54) is 11.1 Å². The number of benzene rings is 1. The molecule has 0 aliphatic carbocycles. The van der Waals surface area contributed by atoms with Crippen LogP contribution in [0.2, 0.25) is 0 Å². The van der Waals surface area contributed by atoms with Gasteiger partial charge in [0.15, 0.2) is 0 Å². The van der Waals surface area contributed by atoms with Crippen LogP contribution in [-0.4, -0.2) is 0 Å². The van der Waals surface area contributed by atoms with Crippen LogP contribution < -0.4 is 5.73 Å². The molecule has 0 saturated heterocycles. The standard InChI is InChI=1S/C11H15N/c1-8(2)10-4-6-11(7-5-10)9(3)12/h4-7,9H,1,12H2,2-3H3/t9-/m1/s1. The van der Waals surface area contributed by atoms with Crippen LogP contribution in [0.1, 0.15) is 31.0 Å². The predicted molar refractivity (Wildman–Crippen MR) is 53.8 cm³/mol. The highest BCUT2D eigenvalue weighted by molar-refractivity contribution is 5.61. The first-order valence-corrected chi connectivity index (χ1v) is 4.12. The molecule has 0 heterocycles. The summed E-state index contributed by atoms with van der Waals surface area (Å²) in [5, 5.41) is 0. The van der Waals surface area contributed by atoms with E-state index in [1.807, 2.05) is 13.8 Å². The molecule has 12 heavy (non-hydrogen) atoms. The highest BCUT2D eigenvalue weighted by Gasteiger charge is 1.98. The minimum absolute atomic E-state index is 0.115. The van der Waals surface area contributed by atoms with Crippen LogP contribution in [0.4, 0.5) is 0 Å². The molecular weight excluding hydrogens is 146 g/mol. The third kappa shape index (κ3) is 1.95. The monoisotopic (exact) mass is 161 g/mol. The second-order valence-corrected chi connectivity index (χ2v) is 3.19. The van der Waals surface area contributed by atoms with Crippen molar-refractivity contribution in [2.75, 3.05) is 0 Å². The van der Waals surface area contributed by atoms with E-state index < -0.39 is 0 Å². The molecule has 0 saturated carbocycles. The fraction of sp³-hybridized carbons (Fsp3) is 0.273. The molecule has 0 amide bonds. The molecule has 64 valence electrons. The van der Waals surface area contributed by atoms with E-state index in [4.69, 9.17) is 5.73 Å². The van der Waals surface area contributed by atoms with Gasteiger partial charge < -0.3 is 5.73 Å². The van der Waals surface area contributed by atoms with Crippen LogP contribution in [0, 0.1) is 0 Å². The van der Waals surface area contributed by atoms with Crippen molar-refractivity contribution in [1.29, 1.82) is 0 Å². The average molecular weight is 161 g/mol. The van der Waals surface area contributed by atoms with Crippen molar-refractivity contribution < 1.29 is 0 Å². The smallest absolute Gasteiger partial charge is 0.0266 e. The Morgan fingerprint density at radius 3 is 2.17 bits per heavy atom. The van der Waals surface area contributed by atoms with Gasteiger partial charge in [-0.3, -0.25) is 0 Å². The molecule has 0 fully saturated rings. The second-order valence-electron chi connectivity index (χ2n) is 3.19. The molecule has 0 bridgehead atoms. The molecule has 0 aromatic heterocycles. The molecular formula is C11H15N. The van der Waals surface area contributed by atoms with Gasteiger partial charge >= 0.3 is 0 Å². The normalized spacial score (nSPS) is 12.6. The summed E-state index contributed by atoms with van der Waals surface area (Å²) in [4.78, 5) is 0. The molecule has 1 aromatic carbocycles. The van der Waals surface area contributed by atoms with Gasteiger partial charge in [0.05, 0.1) is 0 Å². The van der Waals surface area contributed by atoms with Crippen molar-refractivity contribution in [1.82, 2.24) is 0 Å². The Bertz CT molecular complexity index is 270. The fourth-order valence-electron chi connectivity index (χ4n) is 1.07. The Balaban J connectivity index is 2.93. The molecule has 1 aromatic rings. The Hall–Kier alpha value is -1.08. The molecule has 1 atom stereocenters. The number of allylic oxidation sites excluding steroid dienone is 1. The number of nitrogens with two attached hydrogens (primary N) is 1. The lowest BCUT2D eigenvalue weighted by atomic mass is 10.0. The van der Waals surface area contributed by atoms with E-state index in [0.29, 0.717) is 0 Å². The van der Waals surface area contributed by atoms with Gasteiger partial charge in [0.2, 0.25) is 0 Å². The first kappa shape index (κ1) is 9.01. The quantitative estimate of drug-likeness (QED) is 0.709. The zero-order valence-corrected chi connectivity index (χ0v) is 7.67. The minimum Gasteiger partial charge on any atom is -0.324 e. The van der Waals surface area contributed by atoms with Gasteiger partial charge in [0, 0.05) is 6.04 Å². The summed E-state index contributed by atoms with van der Waals surface area (Å²) in [6.45, 7) is 7.85. The van der Waals surface area contributed by atoms with E-state index in [2.05, 4.69) is 30.8 Å². The van der Waals surface area contributed by atoms with Crippen LogP contribution in [0.25, 0.3) is 5.57 Å². The summed E-state index contributed by atoms with van der Waals surface area (Å²) in [7, 11) is 0. The summed E-state index contributed by atoms with van der Waals surface area (Å²) in [6, 6.07) is 8.33. The molecule has 0 spiro atoms. The Kier molecular flexibility index (Phi) is 2.66. The molecule has 0 aliphatic heterocycles. The van der Waals surface area contributed by atoms with E-state index in [-0.39, 0.29) is 6.04 Å². The maximum absolute atomic E-state index is 5.72. The average Bonchev–Trinajstić information content (AvgIpc) is 2.04. The third-order valence-electron chi connectivity index (χ3n) is 1.93. The van der Waals surface area contributed by atoms with Crippen LogP contribution in [0.3, 0.4) is 0 Å². The number of hydrogen-bond donors (Lipinski definition) is 1. The molecule has 1 heteroatoms. The molecule has 1 rings (SSSR count). The summed E-state index contributed by atoms with van der Waals surface area (Å²) >= 11 is 0. The Labute approximate surface area is 73.9 Å². The largest absolute Gasteiger partial charge is 0.324 e. The van der Waals surface area contributed by atoms with E-state index in [9.17, 15) is 0 Å². The molecule has 0 unspecified atom stereocenters. The summed E-state index contributed by atoms with van der Waals surface area (Å²) < 4.78 is 0. The lowest BCUT2D eigenvalue weighted by Crippen LogP contribution is -2.04. The van der Waals surface area contributed by atoms with E-state index >= 15 is 0 Å². The first-order valence-electron chi connectivity index (χ1n) is 4.12. The third-order valence-corrected chi connectivity index (χ3v) is 1.93. The Morgan fingerprint density at radius 2 is 1.83 bits per heavy atom. The van der Waals surface area contributed by atoms with Gasteiger partial charge in [-0.25, -0.2) is 0 Å². The lowest BCUT2D eigenvalue weighted by Gasteiger charge is -2.06. The van der Waals surface area contributed by atoms with E-state index in [1.54, 1.807) is 0 Å². The molecule has 1 nitrogen and oxygen atoms in total.